The summed E-state index contributed by atoms with van der Waals surface area (Å²) in [4.78, 5) is 11.5. The predicted molar refractivity (Wildman–Crippen MR) is 69.4 cm³/mol. The number of halogens is 1. The first-order chi connectivity index (χ1) is 7.99. The zero-order chi connectivity index (χ0) is 12.8. The molecule has 1 atom stereocenters. The monoisotopic (exact) mass is 255 g/mol. The van der Waals surface area contributed by atoms with Gasteiger partial charge in [-0.1, -0.05) is 25.4 Å². The summed E-state index contributed by atoms with van der Waals surface area (Å²) < 4.78 is 5.33. The van der Waals surface area contributed by atoms with Crippen molar-refractivity contribution in [1.82, 2.24) is 5.32 Å². The van der Waals surface area contributed by atoms with Gasteiger partial charge in [0.15, 0.2) is 6.61 Å². The number of carbonyl (C=O) groups is 1. The van der Waals surface area contributed by atoms with E-state index in [1.165, 1.54) is 0 Å². The molecule has 1 N–H and O–H groups in total. The molecular formula is C13H18ClNO2. The van der Waals surface area contributed by atoms with Crippen molar-refractivity contribution in [3.8, 4) is 5.75 Å². The molecule has 0 aliphatic heterocycles. The minimum absolute atomic E-state index is 0.0265. The van der Waals surface area contributed by atoms with E-state index in [2.05, 4.69) is 19.2 Å². The van der Waals surface area contributed by atoms with Crippen LogP contribution in [0.15, 0.2) is 24.3 Å². The molecule has 1 amide bonds. The fraction of sp³-hybridized carbons (Fsp3) is 0.462. The van der Waals surface area contributed by atoms with Gasteiger partial charge < -0.3 is 10.1 Å². The summed E-state index contributed by atoms with van der Waals surface area (Å²) in [6.07, 6.45) is 0. The fourth-order valence-electron chi connectivity index (χ4n) is 1.14. The van der Waals surface area contributed by atoms with Crippen LogP contribution in [0.2, 0.25) is 5.02 Å². The second kappa shape index (κ2) is 6.50. The first-order valence-corrected chi connectivity index (χ1v) is 6.04. The maximum absolute atomic E-state index is 11.5. The largest absolute Gasteiger partial charge is 0.484 e. The van der Waals surface area contributed by atoms with Crippen LogP contribution in [0.1, 0.15) is 20.8 Å². The highest BCUT2D eigenvalue weighted by Gasteiger charge is 2.10. The van der Waals surface area contributed by atoms with Crippen molar-refractivity contribution in [2.75, 3.05) is 6.61 Å². The zero-order valence-corrected chi connectivity index (χ0v) is 11.1. The summed E-state index contributed by atoms with van der Waals surface area (Å²) in [5, 5.41) is 3.52. The van der Waals surface area contributed by atoms with Gasteiger partial charge in [-0.25, -0.2) is 0 Å². The maximum Gasteiger partial charge on any atom is 0.258 e. The van der Waals surface area contributed by atoms with Gasteiger partial charge in [-0.3, -0.25) is 4.79 Å². The number of benzene rings is 1. The second-order valence-corrected chi connectivity index (χ2v) is 4.78. The maximum atomic E-state index is 11.5. The van der Waals surface area contributed by atoms with Crippen LogP contribution in [-0.2, 0) is 4.79 Å². The van der Waals surface area contributed by atoms with E-state index in [0.29, 0.717) is 16.7 Å². The van der Waals surface area contributed by atoms with Gasteiger partial charge in [0.2, 0.25) is 0 Å². The quantitative estimate of drug-likeness (QED) is 0.879. The summed E-state index contributed by atoms with van der Waals surface area (Å²) >= 11 is 5.74. The van der Waals surface area contributed by atoms with Gasteiger partial charge in [-0.15, -0.1) is 0 Å². The minimum Gasteiger partial charge on any atom is -0.484 e. The van der Waals surface area contributed by atoms with E-state index in [4.69, 9.17) is 16.3 Å². The Hall–Kier alpha value is -1.22. The van der Waals surface area contributed by atoms with Crippen LogP contribution in [0, 0.1) is 5.92 Å². The molecule has 0 saturated carbocycles. The van der Waals surface area contributed by atoms with Crippen molar-refractivity contribution in [2.45, 2.75) is 26.8 Å². The van der Waals surface area contributed by atoms with Crippen molar-refractivity contribution in [3.05, 3.63) is 29.3 Å². The van der Waals surface area contributed by atoms with Gasteiger partial charge in [0.25, 0.3) is 5.91 Å². The Morgan fingerprint density at radius 1 is 1.29 bits per heavy atom. The normalized spacial score (nSPS) is 12.3. The average molecular weight is 256 g/mol. The number of rotatable bonds is 5. The Labute approximate surface area is 107 Å². The minimum atomic E-state index is -0.110. The van der Waals surface area contributed by atoms with Crippen LogP contribution in [0.5, 0.6) is 5.75 Å². The van der Waals surface area contributed by atoms with E-state index in [1.54, 1.807) is 24.3 Å². The lowest BCUT2D eigenvalue weighted by Gasteiger charge is -2.17. The van der Waals surface area contributed by atoms with E-state index in [9.17, 15) is 4.79 Å². The molecule has 0 aromatic heterocycles. The van der Waals surface area contributed by atoms with E-state index in [0.717, 1.165) is 0 Å². The van der Waals surface area contributed by atoms with Gasteiger partial charge in [-0.05, 0) is 37.1 Å². The summed E-state index contributed by atoms with van der Waals surface area (Å²) in [5.41, 5.74) is 0. The molecular weight excluding hydrogens is 238 g/mol. The molecule has 4 heteroatoms. The Bertz CT molecular complexity index is 362. The molecule has 1 unspecified atom stereocenters. The van der Waals surface area contributed by atoms with Gasteiger partial charge in [0.05, 0.1) is 0 Å². The second-order valence-electron chi connectivity index (χ2n) is 4.34. The SMILES string of the molecule is CC(C)C(C)NC(=O)COc1ccc(Cl)cc1. The zero-order valence-electron chi connectivity index (χ0n) is 10.4. The van der Waals surface area contributed by atoms with Crippen molar-refractivity contribution >= 4 is 17.5 Å². The van der Waals surface area contributed by atoms with Crippen LogP contribution in [0.25, 0.3) is 0 Å². The number of hydrogen-bond donors (Lipinski definition) is 1. The molecule has 17 heavy (non-hydrogen) atoms. The molecule has 0 bridgehead atoms. The van der Waals surface area contributed by atoms with Crippen LogP contribution in [-0.4, -0.2) is 18.6 Å². The molecule has 0 heterocycles. The first kappa shape index (κ1) is 13.8. The van der Waals surface area contributed by atoms with Crippen molar-refractivity contribution in [2.24, 2.45) is 5.92 Å². The van der Waals surface area contributed by atoms with Crippen molar-refractivity contribution < 1.29 is 9.53 Å². The summed E-state index contributed by atoms with van der Waals surface area (Å²) in [7, 11) is 0. The van der Waals surface area contributed by atoms with Crippen LogP contribution >= 0.6 is 11.6 Å². The third-order valence-electron chi connectivity index (χ3n) is 2.57. The third-order valence-corrected chi connectivity index (χ3v) is 2.82. The summed E-state index contributed by atoms with van der Waals surface area (Å²) in [6, 6.07) is 7.08. The standard InChI is InChI=1S/C13H18ClNO2/c1-9(2)10(3)15-13(16)8-17-12-6-4-11(14)5-7-12/h4-7,9-10H,8H2,1-3H3,(H,15,16). The Kier molecular flexibility index (Phi) is 5.29. The molecule has 1 aromatic rings. The van der Waals surface area contributed by atoms with Crippen molar-refractivity contribution in [1.29, 1.82) is 0 Å². The molecule has 0 spiro atoms. The van der Waals surface area contributed by atoms with Gasteiger partial charge in [0, 0.05) is 11.1 Å². The average Bonchev–Trinajstić information content (AvgIpc) is 2.28. The molecule has 3 nitrogen and oxygen atoms in total. The topological polar surface area (TPSA) is 38.3 Å². The third kappa shape index (κ3) is 5.09. The molecule has 0 saturated heterocycles. The van der Waals surface area contributed by atoms with Crippen LogP contribution in [0.4, 0.5) is 0 Å². The lowest BCUT2D eigenvalue weighted by atomic mass is 10.1. The molecule has 0 aliphatic carbocycles. The first-order valence-electron chi connectivity index (χ1n) is 5.66. The number of hydrogen-bond acceptors (Lipinski definition) is 2. The van der Waals surface area contributed by atoms with Gasteiger partial charge >= 0.3 is 0 Å². The van der Waals surface area contributed by atoms with Crippen molar-refractivity contribution in [3.63, 3.8) is 0 Å². The highest BCUT2D eigenvalue weighted by molar-refractivity contribution is 6.30. The predicted octanol–water partition coefficient (Wildman–Crippen LogP) is 2.88. The Morgan fingerprint density at radius 2 is 1.88 bits per heavy atom. The number of amides is 1. The van der Waals surface area contributed by atoms with Gasteiger partial charge in [0.1, 0.15) is 5.75 Å². The highest BCUT2D eigenvalue weighted by atomic mass is 35.5. The molecule has 94 valence electrons. The lowest BCUT2D eigenvalue weighted by Crippen LogP contribution is -2.38. The lowest BCUT2D eigenvalue weighted by molar-refractivity contribution is -0.124. The Morgan fingerprint density at radius 3 is 2.41 bits per heavy atom. The molecule has 0 fully saturated rings. The molecule has 0 aliphatic rings. The van der Waals surface area contributed by atoms with E-state index < -0.39 is 0 Å². The van der Waals surface area contributed by atoms with Crippen LogP contribution < -0.4 is 10.1 Å². The van der Waals surface area contributed by atoms with E-state index >= 15 is 0 Å². The van der Waals surface area contributed by atoms with E-state index in [-0.39, 0.29) is 18.6 Å². The highest BCUT2D eigenvalue weighted by Crippen LogP contribution is 2.15. The molecule has 1 rings (SSSR count). The smallest absolute Gasteiger partial charge is 0.258 e. The molecule has 0 radical (unpaired) electrons. The van der Waals surface area contributed by atoms with Gasteiger partial charge in [-0.2, -0.15) is 0 Å². The number of nitrogens with one attached hydrogen (secondary N) is 1. The fourth-order valence-corrected chi connectivity index (χ4v) is 1.27. The Balaban J connectivity index is 2.35. The number of ether oxygens (including phenoxy) is 1. The van der Waals surface area contributed by atoms with Crippen LogP contribution in [0.3, 0.4) is 0 Å². The molecule has 1 aromatic carbocycles. The van der Waals surface area contributed by atoms with E-state index in [1.807, 2.05) is 6.92 Å². The summed E-state index contributed by atoms with van der Waals surface area (Å²) in [5.74, 6) is 0.942. The number of carbonyl (C=O) groups excluding carboxylic acids is 1. The summed E-state index contributed by atoms with van der Waals surface area (Å²) in [6.45, 7) is 6.12.